The number of hydrogen-bond donors (Lipinski definition) is 2. The Labute approximate surface area is 95.6 Å². The Morgan fingerprint density at radius 2 is 2.31 bits per heavy atom. The van der Waals surface area contributed by atoms with Gasteiger partial charge in [-0.2, -0.15) is 4.98 Å². The minimum absolute atomic E-state index is 0.243. The predicted octanol–water partition coefficient (Wildman–Crippen LogP) is 1.42. The van der Waals surface area contributed by atoms with Crippen molar-refractivity contribution in [2.45, 2.75) is 32.4 Å². The highest BCUT2D eigenvalue weighted by atomic mass is 16.5. The lowest BCUT2D eigenvalue weighted by Crippen LogP contribution is -2.27. The molecule has 1 aromatic heterocycles. The van der Waals surface area contributed by atoms with Gasteiger partial charge in [0.05, 0.1) is 12.1 Å². The summed E-state index contributed by atoms with van der Waals surface area (Å²) in [5.74, 6) is 1.53. The van der Waals surface area contributed by atoms with E-state index < -0.39 is 0 Å². The summed E-state index contributed by atoms with van der Waals surface area (Å²) in [6, 6.07) is 0.346. The van der Waals surface area contributed by atoms with Gasteiger partial charge in [-0.3, -0.25) is 0 Å². The zero-order valence-electron chi connectivity index (χ0n) is 9.95. The SMILES string of the molecule is CNc1ncc(C)c(NC2CCOC2C)n1. The standard InChI is InChI=1S/C11H18N4O/c1-7-6-13-11(12-3)15-10(7)14-9-4-5-16-8(9)2/h6,8-9H,4-5H2,1-3H3,(H2,12,13,14,15). The molecule has 0 saturated carbocycles. The van der Waals surface area contributed by atoms with E-state index >= 15 is 0 Å². The van der Waals surface area contributed by atoms with Crippen molar-refractivity contribution in [3.05, 3.63) is 11.8 Å². The summed E-state index contributed by atoms with van der Waals surface area (Å²) < 4.78 is 5.51. The van der Waals surface area contributed by atoms with Gasteiger partial charge in [-0.25, -0.2) is 4.98 Å². The highest BCUT2D eigenvalue weighted by Crippen LogP contribution is 2.20. The van der Waals surface area contributed by atoms with Crippen LogP contribution in [-0.2, 0) is 4.74 Å². The highest BCUT2D eigenvalue weighted by molar-refractivity contribution is 5.47. The van der Waals surface area contributed by atoms with E-state index in [9.17, 15) is 0 Å². The number of aromatic nitrogens is 2. The van der Waals surface area contributed by atoms with E-state index in [1.807, 2.05) is 20.2 Å². The number of nitrogens with one attached hydrogen (secondary N) is 2. The summed E-state index contributed by atoms with van der Waals surface area (Å²) in [4.78, 5) is 8.56. The Morgan fingerprint density at radius 3 is 2.94 bits per heavy atom. The molecule has 2 rings (SSSR count). The van der Waals surface area contributed by atoms with Crippen LogP contribution in [0.3, 0.4) is 0 Å². The monoisotopic (exact) mass is 222 g/mol. The Bertz CT molecular complexity index is 369. The number of anilines is 2. The van der Waals surface area contributed by atoms with Crippen molar-refractivity contribution in [3.63, 3.8) is 0 Å². The number of nitrogens with zero attached hydrogens (tertiary/aromatic N) is 2. The normalized spacial score (nSPS) is 24.4. The molecule has 0 aromatic carbocycles. The van der Waals surface area contributed by atoms with E-state index in [0.29, 0.717) is 12.0 Å². The molecular weight excluding hydrogens is 204 g/mol. The molecule has 1 aliphatic rings. The molecule has 5 heteroatoms. The van der Waals surface area contributed by atoms with E-state index in [0.717, 1.165) is 24.4 Å². The Morgan fingerprint density at radius 1 is 1.50 bits per heavy atom. The first-order chi connectivity index (χ1) is 7.70. The fraction of sp³-hybridized carbons (Fsp3) is 0.636. The van der Waals surface area contributed by atoms with Gasteiger partial charge in [-0.15, -0.1) is 0 Å². The van der Waals surface area contributed by atoms with Crippen LogP contribution in [0, 0.1) is 6.92 Å². The molecule has 0 amide bonds. The fourth-order valence-corrected chi connectivity index (χ4v) is 1.81. The first-order valence-electron chi connectivity index (χ1n) is 5.60. The summed E-state index contributed by atoms with van der Waals surface area (Å²) in [5, 5.41) is 6.35. The summed E-state index contributed by atoms with van der Waals surface area (Å²) in [5.41, 5.74) is 1.05. The van der Waals surface area contributed by atoms with Crippen LogP contribution in [0.5, 0.6) is 0 Å². The van der Waals surface area contributed by atoms with Crippen molar-refractivity contribution in [1.82, 2.24) is 9.97 Å². The van der Waals surface area contributed by atoms with E-state index in [4.69, 9.17) is 4.74 Å². The average molecular weight is 222 g/mol. The van der Waals surface area contributed by atoms with Gasteiger partial charge in [0, 0.05) is 25.4 Å². The highest BCUT2D eigenvalue weighted by Gasteiger charge is 2.24. The molecule has 2 unspecified atom stereocenters. The van der Waals surface area contributed by atoms with Crippen LogP contribution < -0.4 is 10.6 Å². The second-order valence-electron chi connectivity index (χ2n) is 4.09. The van der Waals surface area contributed by atoms with Gasteiger partial charge >= 0.3 is 0 Å². The summed E-state index contributed by atoms with van der Waals surface area (Å²) in [6.45, 7) is 4.91. The largest absolute Gasteiger partial charge is 0.376 e. The third-order valence-electron chi connectivity index (χ3n) is 2.89. The zero-order chi connectivity index (χ0) is 11.5. The second kappa shape index (κ2) is 4.65. The van der Waals surface area contributed by atoms with Crippen LogP contribution in [0.15, 0.2) is 6.20 Å². The van der Waals surface area contributed by atoms with Crippen molar-refractivity contribution in [1.29, 1.82) is 0 Å². The minimum Gasteiger partial charge on any atom is -0.376 e. The van der Waals surface area contributed by atoms with Crippen molar-refractivity contribution in [2.24, 2.45) is 0 Å². The second-order valence-corrected chi connectivity index (χ2v) is 4.09. The fourth-order valence-electron chi connectivity index (χ4n) is 1.81. The van der Waals surface area contributed by atoms with E-state index in [1.54, 1.807) is 0 Å². The number of rotatable bonds is 3. The van der Waals surface area contributed by atoms with Gasteiger partial charge < -0.3 is 15.4 Å². The zero-order valence-corrected chi connectivity index (χ0v) is 9.95. The van der Waals surface area contributed by atoms with Gasteiger partial charge in [0.1, 0.15) is 5.82 Å². The molecule has 1 saturated heterocycles. The predicted molar refractivity (Wildman–Crippen MR) is 63.8 cm³/mol. The van der Waals surface area contributed by atoms with E-state index in [2.05, 4.69) is 27.5 Å². The molecule has 2 heterocycles. The van der Waals surface area contributed by atoms with Gasteiger partial charge in [0.25, 0.3) is 0 Å². The summed E-state index contributed by atoms with van der Waals surface area (Å²) in [7, 11) is 1.82. The molecule has 5 nitrogen and oxygen atoms in total. The molecule has 0 spiro atoms. The molecule has 2 atom stereocenters. The molecule has 1 aromatic rings. The molecular formula is C11H18N4O. The quantitative estimate of drug-likeness (QED) is 0.810. The van der Waals surface area contributed by atoms with Crippen molar-refractivity contribution < 1.29 is 4.74 Å². The molecule has 0 bridgehead atoms. The number of aryl methyl sites for hydroxylation is 1. The maximum absolute atomic E-state index is 5.51. The molecule has 1 fully saturated rings. The van der Waals surface area contributed by atoms with Gasteiger partial charge in [0.15, 0.2) is 0 Å². The Balaban J connectivity index is 2.13. The van der Waals surface area contributed by atoms with Crippen LogP contribution in [0.2, 0.25) is 0 Å². The van der Waals surface area contributed by atoms with E-state index in [-0.39, 0.29) is 6.10 Å². The first-order valence-corrected chi connectivity index (χ1v) is 5.60. The Hall–Kier alpha value is -1.36. The van der Waals surface area contributed by atoms with Crippen LogP contribution in [0.4, 0.5) is 11.8 Å². The van der Waals surface area contributed by atoms with Crippen LogP contribution in [0.1, 0.15) is 18.9 Å². The lowest BCUT2D eigenvalue weighted by molar-refractivity contribution is 0.121. The summed E-state index contributed by atoms with van der Waals surface area (Å²) >= 11 is 0. The van der Waals surface area contributed by atoms with Crippen LogP contribution >= 0.6 is 0 Å². The van der Waals surface area contributed by atoms with E-state index in [1.165, 1.54) is 0 Å². The van der Waals surface area contributed by atoms with Crippen LogP contribution in [-0.4, -0.2) is 35.8 Å². The molecule has 2 N–H and O–H groups in total. The number of ether oxygens (including phenoxy) is 1. The smallest absolute Gasteiger partial charge is 0.224 e. The third-order valence-corrected chi connectivity index (χ3v) is 2.89. The van der Waals surface area contributed by atoms with Crippen molar-refractivity contribution in [3.8, 4) is 0 Å². The lowest BCUT2D eigenvalue weighted by atomic mass is 10.1. The minimum atomic E-state index is 0.243. The molecule has 0 radical (unpaired) electrons. The first kappa shape index (κ1) is 11.1. The molecule has 1 aliphatic heterocycles. The van der Waals surface area contributed by atoms with Gasteiger partial charge in [-0.1, -0.05) is 0 Å². The molecule has 16 heavy (non-hydrogen) atoms. The molecule has 0 aliphatic carbocycles. The van der Waals surface area contributed by atoms with Crippen LogP contribution in [0.25, 0.3) is 0 Å². The Kier molecular flexibility index (Phi) is 3.24. The average Bonchev–Trinajstić information content (AvgIpc) is 2.68. The maximum atomic E-state index is 5.51. The van der Waals surface area contributed by atoms with Gasteiger partial charge in [0.2, 0.25) is 5.95 Å². The van der Waals surface area contributed by atoms with Crippen molar-refractivity contribution >= 4 is 11.8 Å². The van der Waals surface area contributed by atoms with Gasteiger partial charge in [-0.05, 0) is 20.3 Å². The number of hydrogen-bond acceptors (Lipinski definition) is 5. The molecule has 88 valence electrons. The van der Waals surface area contributed by atoms with Crippen molar-refractivity contribution in [2.75, 3.05) is 24.3 Å². The summed E-state index contributed by atoms with van der Waals surface area (Å²) in [6.07, 6.45) is 3.09. The maximum Gasteiger partial charge on any atom is 0.224 e. The third kappa shape index (κ3) is 2.24. The lowest BCUT2D eigenvalue weighted by Gasteiger charge is -2.18. The topological polar surface area (TPSA) is 59.1 Å².